The van der Waals surface area contributed by atoms with E-state index >= 15 is 0 Å². The SMILES string of the molecule is CC1(C)Oc2cc(C3(N)CCC3)cc(Cl)c2O1. The predicted molar refractivity (Wildman–Crippen MR) is 66.5 cm³/mol. The van der Waals surface area contributed by atoms with Gasteiger partial charge in [0.1, 0.15) is 0 Å². The summed E-state index contributed by atoms with van der Waals surface area (Å²) >= 11 is 6.23. The first-order valence-corrected chi connectivity index (χ1v) is 6.28. The second-order valence-electron chi connectivity index (χ2n) is 5.40. The molecular weight excluding hydrogens is 238 g/mol. The molecule has 1 aliphatic carbocycles. The van der Waals surface area contributed by atoms with Crippen LogP contribution in [0.5, 0.6) is 11.5 Å². The van der Waals surface area contributed by atoms with Crippen molar-refractivity contribution in [2.45, 2.75) is 44.4 Å². The standard InChI is InChI=1S/C13H16ClNO2/c1-12(2)16-10-7-8(13(15)4-3-5-13)6-9(14)11(10)17-12/h6-7H,3-5,15H2,1-2H3. The summed E-state index contributed by atoms with van der Waals surface area (Å²) in [6.45, 7) is 3.73. The molecule has 2 aliphatic rings. The minimum Gasteiger partial charge on any atom is -0.449 e. The molecule has 92 valence electrons. The van der Waals surface area contributed by atoms with Crippen LogP contribution >= 0.6 is 11.6 Å². The lowest BCUT2D eigenvalue weighted by Gasteiger charge is -2.38. The lowest BCUT2D eigenvalue weighted by atomic mass is 9.73. The average Bonchev–Trinajstić information content (AvgIpc) is 2.49. The normalized spacial score (nSPS) is 23.3. The molecule has 3 rings (SSSR count). The molecule has 0 unspecified atom stereocenters. The predicted octanol–water partition coefficient (Wildman–Crippen LogP) is 3.19. The maximum atomic E-state index is 6.30. The van der Waals surface area contributed by atoms with Gasteiger partial charge in [0.2, 0.25) is 5.79 Å². The fourth-order valence-electron chi connectivity index (χ4n) is 2.41. The monoisotopic (exact) mass is 253 g/mol. The molecule has 4 heteroatoms. The zero-order chi connectivity index (χ0) is 12.3. The molecule has 0 bridgehead atoms. The molecule has 0 spiro atoms. The quantitative estimate of drug-likeness (QED) is 0.836. The van der Waals surface area contributed by atoms with Crippen molar-refractivity contribution in [2.24, 2.45) is 5.73 Å². The van der Waals surface area contributed by atoms with Crippen molar-refractivity contribution in [3.63, 3.8) is 0 Å². The van der Waals surface area contributed by atoms with Gasteiger partial charge in [-0.1, -0.05) is 11.6 Å². The van der Waals surface area contributed by atoms with Crippen LogP contribution in [-0.4, -0.2) is 5.79 Å². The van der Waals surface area contributed by atoms with E-state index in [1.165, 1.54) is 6.42 Å². The zero-order valence-electron chi connectivity index (χ0n) is 10.0. The minimum atomic E-state index is -0.647. The van der Waals surface area contributed by atoms with E-state index in [-0.39, 0.29) is 5.54 Å². The third kappa shape index (κ3) is 1.69. The summed E-state index contributed by atoms with van der Waals surface area (Å²) in [6, 6.07) is 3.87. The Balaban J connectivity index is 2.04. The molecule has 1 heterocycles. The summed E-state index contributed by atoms with van der Waals surface area (Å²) in [5, 5.41) is 0.583. The van der Waals surface area contributed by atoms with Gasteiger partial charge in [-0.3, -0.25) is 0 Å². The Kier molecular flexibility index (Phi) is 2.17. The highest BCUT2D eigenvalue weighted by Crippen LogP contribution is 2.49. The number of rotatable bonds is 1. The molecule has 1 aromatic carbocycles. The summed E-state index contributed by atoms with van der Waals surface area (Å²) in [7, 11) is 0. The minimum absolute atomic E-state index is 0.227. The molecule has 17 heavy (non-hydrogen) atoms. The Labute approximate surface area is 106 Å². The van der Waals surface area contributed by atoms with Crippen LogP contribution in [-0.2, 0) is 5.54 Å². The van der Waals surface area contributed by atoms with Crippen molar-refractivity contribution in [3.8, 4) is 11.5 Å². The van der Waals surface area contributed by atoms with Crippen LogP contribution in [0.2, 0.25) is 5.02 Å². The molecule has 0 radical (unpaired) electrons. The third-order valence-electron chi connectivity index (χ3n) is 3.53. The van der Waals surface area contributed by atoms with Crippen molar-refractivity contribution in [3.05, 3.63) is 22.7 Å². The number of hydrogen-bond acceptors (Lipinski definition) is 3. The van der Waals surface area contributed by atoms with Crippen molar-refractivity contribution < 1.29 is 9.47 Å². The van der Waals surface area contributed by atoms with Crippen LogP contribution in [0, 0.1) is 0 Å². The van der Waals surface area contributed by atoms with E-state index in [9.17, 15) is 0 Å². The zero-order valence-corrected chi connectivity index (χ0v) is 10.8. The molecule has 0 amide bonds. The van der Waals surface area contributed by atoms with E-state index in [1.807, 2.05) is 26.0 Å². The van der Waals surface area contributed by atoms with Crippen LogP contribution in [0.15, 0.2) is 12.1 Å². The molecule has 1 aromatic rings. The Hall–Kier alpha value is -0.930. The van der Waals surface area contributed by atoms with Gasteiger partial charge in [-0.2, -0.15) is 0 Å². The summed E-state index contributed by atoms with van der Waals surface area (Å²) in [6.07, 6.45) is 3.19. The summed E-state index contributed by atoms with van der Waals surface area (Å²) in [4.78, 5) is 0. The van der Waals surface area contributed by atoms with Gasteiger partial charge in [-0.05, 0) is 37.0 Å². The van der Waals surface area contributed by atoms with Crippen LogP contribution in [0.4, 0.5) is 0 Å². The third-order valence-corrected chi connectivity index (χ3v) is 3.81. The highest BCUT2D eigenvalue weighted by atomic mass is 35.5. The van der Waals surface area contributed by atoms with Crippen molar-refractivity contribution in [1.82, 2.24) is 0 Å². The van der Waals surface area contributed by atoms with Gasteiger partial charge in [0.25, 0.3) is 0 Å². The maximum absolute atomic E-state index is 6.30. The van der Waals surface area contributed by atoms with Crippen molar-refractivity contribution in [1.29, 1.82) is 0 Å². The summed E-state index contributed by atoms with van der Waals surface area (Å²) < 4.78 is 11.4. The van der Waals surface area contributed by atoms with Gasteiger partial charge in [0.05, 0.1) is 5.02 Å². The smallest absolute Gasteiger partial charge is 0.246 e. The van der Waals surface area contributed by atoms with E-state index in [4.69, 9.17) is 26.8 Å². The molecule has 0 saturated heterocycles. The van der Waals surface area contributed by atoms with Gasteiger partial charge in [-0.25, -0.2) is 0 Å². The van der Waals surface area contributed by atoms with Crippen molar-refractivity contribution in [2.75, 3.05) is 0 Å². The number of hydrogen-bond donors (Lipinski definition) is 1. The first kappa shape index (κ1) is 11.2. The number of nitrogens with two attached hydrogens (primary N) is 1. The highest BCUT2D eigenvalue weighted by Gasteiger charge is 2.39. The van der Waals surface area contributed by atoms with Gasteiger partial charge in [-0.15, -0.1) is 0 Å². The van der Waals surface area contributed by atoms with E-state index < -0.39 is 5.79 Å². The molecule has 1 aliphatic heterocycles. The van der Waals surface area contributed by atoms with Crippen LogP contribution in [0.1, 0.15) is 38.7 Å². The number of ether oxygens (including phenoxy) is 2. The van der Waals surface area contributed by atoms with E-state index in [2.05, 4.69) is 0 Å². The van der Waals surface area contributed by atoms with Gasteiger partial charge in [0.15, 0.2) is 11.5 Å². The molecule has 2 N–H and O–H groups in total. The van der Waals surface area contributed by atoms with Crippen molar-refractivity contribution >= 4 is 11.6 Å². The van der Waals surface area contributed by atoms with Gasteiger partial charge >= 0.3 is 0 Å². The first-order chi connectivity index (χ1) is 7.90. The van der Waals surface area contributed by atoms with Crippen LogP contribution < -0.4 is 15.2 Å². The number of benzene rings is 1. The van der Waals surface area contributed by atoms with E-state index in [0.717, 1.165) is 18.4 Å². The average molecular weight is 254 g/mol. The molecule has 0 aromatic heterocycles. The van der Waals surface area contributed by atoms with Gasteiger partial charge < -0.3 is 15.2 Å². The topological polar surface area (TPSA) is 44.5 Å². The molecule has 0 atom stereocenters. The summed E-state index contributed by atoms with van der Waals surface area (Å²) in [5.74, 6) is 0.684. The van der Waals surface area contributed by atoms with Gasteiger partial charge in [0, 0.05) is 19.4 Å². The molecule has 1 saturated carbocycles. The second-order valence-corrected chi connectivity index (χ2v) is 5.81. The Morgan fingerprint density at radius 3 is 2.53 bits per heavy atom. The Morgan fingerprint density at radius 2 is 1.94 bits per heavy atom. The van der Waals surface area contributed by atoms with Crippen LogP contribution in [0.3, 0.4) is 0 Å². The lowest BCUT2D eigenvalue weighted by molar-refractivity contribution is -0.0431. The van der Waals surface area contributed by atoms with E-state index in [0.29, 0.717) is 16.5 Å². The highest BCUT2D eigenvalue weighted by molar-refractivity contribution is 6.32. The largest absolute Gasteiger partial charge is 0.449 e. The Bertz CT molecular complexity index is 481. The summed E-state index contributed by atoms with van der Waals surface area (Å²) in [5.41, 5.74) is 7.12. The lowest BCUT2D eigenvalue weighted by Crippen LogP contribution is -2.43. The Morgan fingerprint density at radius 1 is 1.24 bits per heavy atom. The fourth-order valence-corrected chi connectivity index (χ4v) is 2.66. The maximum Gasteiger partial charge on any atom is 0.246 e. The first-order valence-electron chi connectivity index (χ1n) is 5.91. The number of halogens is 1. The molecule has 1 fully saturated rings. The molecule has 3 nitrogen and oxygen atoms in total. The molecular formula is C13H16ClNO2. The van der Waals surface area contributed by atoms with Crippen LogP contribution in [0.25, 0.3) is 0 Å². The number of fused-ring (bicyclic) bond motifs is 1. The second kappa shape index (κ2) is 3.30. The van der Waals surface area contributed by atoms with E-state index in [1.54, 1.807) is 0 Å². The fraction of sp³-hybridized carbons (Fsp3) is 0.538.